The van der Waals surface area contributed by atoms with Crippen LogP contribution in [0.25, 0.3) is 11.0 Å². The van der Waals surface area contributed by atoms with Gasteiger partial charge in [0.25, 0.3) is 0 Å². The van der Waals surface area contributed by atoms with Crippen LogP contribution in [0.3, 0.4) is 0 Å². The van der Waals surface area contributed by atoms with Gasteiger partial charge in [-0.25, -0.2) is 4.98 Å². The lowest BCUT2D eigenvalue weighted by Gasteiger charge is -2.08. The van der Waals surface area contributed by atoms with E-state index in [4.69, 9.17) is 14.5 Å². The lowest BCUT2D eigenvalue weighted by molar-refractivity contribution is 0.355. The molecule has 0 unspecified atom stereocenters. The number of methoxy groups -OCH3 is 2. The highest BCUT2D eigenvalue weighted by molar-refractivity contribution is 5.80. The number of nitriles is 1. The molecule has 0 saturated heterocycles. The maximum atomic E-state index is 9.18. The fourth-order valence-electron chi connectivity index (χ4n) is 2.84. The fraction of sp³-hybridized carbons (Fsp3) is 0.263. The topological polar surface area (TPSA) is 60.1 Å². The van der Waals surface area contributed by atoms with E-state index in [2.05, 4.69) is 18.2 Å². The van der Waals surface area contributed by atoms with Crippen molar-refractivity contribution in [3.8, 4) is 17.6 Å². The van der Waals surface area contributed by atoms with Gasteiger partial charge in [0.15, 0.2) is 11.5 Å². The molecule has 0 aliphatic rings. The summed E-state index contributed by atoms with van der Waals surface area (Å²) in [5, 5.41) is 9.18. The number of rotatable bonds is 6. The maximum Gasteiger partial charge on any atom is 0.163 e. The molecule has 3 aromatic rings. The van der Waals surface area contributed by atoms with E-state index in [-0.39, 0.29) is 6.54 Å². The van der Waals surface area contributed by atoms with E-state index >= 15 is 0 Å². The minimum atomic E-state index is 0.260. The van der Waals surface area contributed by atoms with E-state index < -0.39 is 0 Å². The van der Waals surface area contributed by atoms with Crippen LogP contribution in [0.2, 0.25) is 0 Å². The molecule has 0 amide bonds. The first-order valence-electron chi connectivity index (χ1n) is 7.79. The van der Waals surface area contributed by atoms with Crippen LogP contribution in [-0.4, -0.2) is 23.8 Å². The molecule has 5 nitrogen and oxygen atoms in total. The van der Waals surface area contributed by atoms with Crippen LogP contribution in [0.15, 0.2) is 42.5 Å². The summed E-state index contributed by atoms with van der Waals surface area (Å²) in [7, 11) is 3.21. The Labute approximate surface area is 141 Å². The van der Waals surface area contributed by atoms with Crippen molar-refractivity contribution in [3.05, 3.63) is 53.9 Å². The molecule has 0 bridgehead atoms. The Kier molecular flexibility index (Phi) is 4.66. The number of nitrogens with zero attached hydrogens (tertiary/aromatic N) is 3. The SMILES string of the molecule is COc1cc2nc(CCc3ccccc3)n(CC#N)c2cc1OC. The van der Waals surface area contributed by atoms with Crippen LogP contribution in [0.1, 0.15) is 11.4 Å². The zero-order valence-corrected chi connectivity index (χ0v) is 13.8. The largest absolute Gasteiger partial charge is 0.493 e. The highest BCUT2D eigenvalue weighted by Gasteiger charge is 2.15. The molecule has 0 spiro atoms. The quantitative estimate of drug-likeness (QED) is 0.698. The van der Waals surface area contributed by atoms with Crippen LogP contribution in [0, 0.1) is 11.3 Å². The standard InChI is InChI=1S/C19H19N3O2/c1-23-17-12-15-16(13-18(17)24-2)22(11-10-20)19(21-15)9-8-14-6-4-3-5-7-14/h3-7,12-13H,8-9,11H2,1-2H3. The highest BCUT2D eigenvalue weighted by Crippen LogP contribution is 2.32. The second kappa shape index (κ2) is 7.05. The van der Waals surface area contributed by atoms with Crippen molar-refractivity contribution in [2.24, 2.45) is 0 Å². The predicted molar refractivity (Wildman–Crippen MR) is 92.3 cm³/mol. The Hall–Kier alpha value is -3.00. The molecule has 0 aliphatic heterocycles. The number of aromatic nitrogens is 2. The molecule has 1 heterocycles. The van der Waals surface area contributed by atoms with E-state index in [1.807, 2.05) is 34.9 Å². The van der Waals surface area contributed by atoms with Gasteiger partial charge in [-0.3, -0.25) is 0 Å². The summed E-state index contributed by atoms with van der Waals surface area (Å²) >= 11 is 0. The van der Waals surface area contributed by atoms with Crippen molar-refractivity contribution in [2.45, 2.75) is 19.4 Å². The molecular formula is C19H19N3O2. The highest BCUT2D eigenvalue weighted by atomic mass is 16.5. The van der Waals surface area contributed by atoms with Gasteiger partial charge in [-0.15, -0.1) is 0 Å². The van der Waals surface area contributed by atoms with E-state index in [0.29, 0.717) is 11.5 Å². The summed E-state index contributed by atoms with van der Waals surface area (Å²) in [6, 6.07) is 16.2. The normalized spacial score (nSPS) is 10.5. The molecule has 0 aliphatic carbocycles. The molecule has 5 heteroatoms. The van der Waals surface area contributed by atoms with Crippen LogP contribution in [0.5, 0.6) is 11.5 Å². The van der Waals surface area contributed by atoms with Gasteiger partial charge in [-0.05, 0) is 12.0 Å². The Morgan fingerprint density at radius 3 is 2.42 bits per heavy atom. The van der Waals surface area contributed by atoms with E-state index in [1.165, 1.54) is 5.56 Å². The number of aryl methyl sites for hydroxylation is 2. The van der Waals surface area contributed by atoms with Crippen LogP contribution in [-0.2, 0) is 19.4 Å². The van der Waals surface area contributed by atoms with Crippen molar-refractivity contribution in [1.82, 2.24) is 9.55 Å². The summed E-state index contributed by atoms with van der Waals surface area (Å²) in [5.74, 6) is 2.17. The van der Waals surface area contributed by atoms with Gasteiger partial charge in [-0.2, -0.15) is 5.26 Å². The Bertz CT molecular complexity index is 879. The predicted octanol–water partition coefficient (Wildman–Crippen LogP) is 3.36. The fourth-order valence-corrected chi connectivity index (χ4v) is 2.84. The van der Waals surface area contributed by atoms with Gasteiger partial charge in [0.1, 0.15) is 12.4 Å². The molecule has 0 saturated carbocycles. The minimum Gasteiger partial charge on any atom is -0.493 e. The van der Waals surface area contributed by atoms with Crippen molar-refractivity contribution >= 4 is 11.0 Å². The van der Waals surface area contributed by atoms with Gasteiger partial charge >= 0.3 is 0 Å². The lowest BCUT2D eigenvalue weighted by Crippen LogP contribution is -2.04. The molecule has 1 aromatic heterocycles. The van der Waals surface area contributed by atoms with Gasteiger partial charge < -0.3 is 14.0 Å². The summed E-state index contributed by atoms with van der Waals surface area (Å²) in [4.78, 5) is 4.71. The number of ether oxygens (including phenoxy) is 2. The van der Waals surface area contributed by atoms with E-state index in [1.54, 1.807) is 14.2 Å². The Morgan fingerprint density at radius 1 is 1.04 bits per heavy atom. The van der Waals surface area contributed by atoms with Crippen LogP contribution < -0.4 is 9.47 Å². The molecule has 24 heavy (non-hydrogen) atoms. The first-order valence-corrected chi connectivity index (χ1v) is 7.79. The van der Waals surface area contributed by atoms with Gasteiger partial charge in [-0.1, -0.05) is 30.3 Å². The molecule has 0 fully saturated rings. The van der Waals surface area contributed by atoms with Crippen molar-refractivity contribution in [1.29, 1.82) is 5.26 Å². The average Bonchev–Trinajstić information content (AvgIpc) is 2.96. The molecule has 2 aromatic carbocycles. The first-order chi connectivity index (χ1) is 11.8. The second-order valence-corrected chi connectivity index (χ2v) is 5.45. The minimum absolute atomic E-state index is 0.260. The van der Waals surface area contributed by atoms with Crippen LogP contribution in [0.4, 0.5) is 0 Å². The molecule has 0 N–H and O–H groups in total. The lowest BCUT2D eigenvalue weighted by atomic mass is 10.1. The number of imidazole rings is 1. The number of hydrogen-bond acceptors (Lipinski definition) is 4. The maximum absolute atomic E-state index is 9.18. The zero-order chi connectivity index (χ0) is 16.9. The van der Waals surface area contributed by atoms with Gasteiger partial charge in [0.05, 0.1) is 31.3 Å². The average molecular weight is 321 g/mol. The summed E-state index contributed by atoms with van der Waals surface area (Å²) in [6.07, 6.45) is 1.65. The number of fused-ring (bicyclic) bond motifs is 1. The van der Waals surface area contributed by atoms with E-state index in [0.717, 1.165) is 29.7 Å². The number of benzene rings is 2. The Morgan fingerprint density at radius 2 is 1.75 bits per heavy atom. The summed E-state index contributed by atoms with van der Waals surface area (Å²) < 4.78 is 12.7. The molecule has 122 valence electrons. The van der Waals surface area contributed by atoms with Gasteiger partial charge in [0.2, 0.25) is 0 Å². The third-order valence-corrected chi connectivity index (χ3v) is 4.04. The third-order valence-electron chi connectivity index (χ3n) is 4.04. The van der Waals surface area contributed by atoms with Crippen LogP contribution >= 0.6 is 0 Å². The van der Waals surface area contributed by atoms with Crippen molar-refractivity contribution < 1.29 is 9.47 Å². The first kappa shape index (κ1) is 15.9. The Balaban J connectivity index is 2.00. The summed E-state index contributed by atoms with van der Waals surface area (Å²) in [5.41, 5.74) is 2.95. The zero-order valence-electron chi connectivity index (χ0n) is 13.8. The van der Waals surface area contributed by atoms with E-state index in [9.17, 15) is 5.26 Å². The smallest absolute Gasteiger partial charge is 0.163 e. The molecule has 0 radical (unpaired) electrons. The van der Waals surface area contributed by atoms with Gasteiger partial charge in [0, 0.05) is 18.6 Å². The molecule has 3 rings (SSSR count). The third kappa shape index (κ3) is 3.04. The monoisotopic (exact) mass is 321 g/mol. The van der Waals surface area contributed by atoms with Crippen molar-refractivity contribution in [3.63, 3.8) is 0 Å². The second-order valence-electron chi connectivity index (χ2n) is 5.45. The number of hydrogen-bond donors (Lipinski definition) is 0. The molecule has 0 atom stereocenters. The molecular weight excluding hydrogens is 302 g/mol. The van der Waals surface area contributed by atoms with Crippen molar-refractivity contribution in [2.75, 3.05) is 14.2 Å². The summed E-state index contributed by atoms with van der Waals surface area (Å²) in [6.45, 7) is 0.260.